The van der Waals surface area contributed by atoms with Crippen molar-refractivity contribution in [1.82, 2.24) is 0 Å². The number of nitrogens with zero attached hydrogens (tertiary/aromatic N) is 1. The molecule has 0 spiro atoms. The summed E-state index contributed by atoms with van der Waals surface area (Å²) in [5.74, 6) is -0.362. The van der Waals surface area contributed by atoms with Crippen LogP contribution in [0, 0.1) is 13.8 Å². The maximum Gasteiger partial charge on any atom is 0.243 e. The van der Waals surface area contributed by atoms with Gasteiger partial charge in [0.05, 0.1) is 11.8 Å². The van der Waals surface area contributed by atoms with Gasteiger partial charge in [0.2, 0.25) is 5.91 Å². The number of halogens is 1. The van der Waals surface area contributed by atoms with E-state index < -0.39 is 15.9 Å². The number of hydrogen-bond acceptors (Lipinski definition) is 4. The van der Waals surface area contributed by atoms with Gasteiger partial charge in [0.25, 0.3) is 0 Å². The fourth-order valence-corrected chi connectivity index (χ4v) is 2.67. The highest BCUT2D eigenvalue weighted by atomic mass is 35.5. The van der Waals surface area contributed by atoms with Gasteiger partial charge in [0.15, 0.2) is 0 Å². The molecule has 1 aromatic carbocycles. The van der Waals surface area contributed by atoms with Crippen molar-refractivity contribution < 1.29 is 13.2 Å². The van der Waals surface area contributed by atoms with Crippen molar-refractivity contribution in [2.75, 3.05) is 24.0 Å². The number of likely N-dealkylation sites (N-methyl/N-ethyl adjacent to an activating group) is 1. The molecule has 1 rings (SSSR count). The Kier molecular flexibility index (Phi) is 7.36. The number of hydrogen-bond donors (Lipinski definition) is 1. The van der Waals surface area contributed by atoms with Crippen LogP contribution in [-0.4, -0.2) is 39.4 Å². The number of carbonyl (C=O) groups is 1. The molecule has 0 aliphatic heterocycles. The number of carbonyl (C=O) groups excluding carboxylic acids is 1. The molecule has 0 aliphatic carbocycles. The molecule has 0 bridgehead atoms. The van der Waals surface area contributed by atoms with Gasteiger partial charge in [-0.25, -0.2) is 8.42 Å². The molecule has 0 heterocycles. The minimum Gasteiger partial charge on any atom is -0.320 e. The number of nitrogens with two attached hydrogens (primary N) is 1. The molecule has 0 fully saturated rings. The van der Waals surface area contributed by atoms with Crippen molar-refractivity contribution in [3.63, 3.8) is 0 Å². The minimum absolute atomic E-state index is 0. The van der Waals surface area contributed by atoms with Crippen LogP contribution in [0.3, 0.4) is 0 Å². The first kappa shape index (κ1) is 19.9. The third-order valence-corrected chi connectivity index (χ3v) is 4.02. The Balaban J connectivity index is 0.00000400. The molecule has 1 aromatic rings. The molecule has 21 heavy (non-hydrogen) atoms. The zero-order chi connectivity index (χ0) is 15.5. The van der Waals surface area contributed by atoms with Gasteiger partial charge >= 0.3 is 0 Å². The van der Waals surface area contributed by atoms with Gasteiger partial charge in [-0.1, -0.05) is 6.07 Å². The maximum absolute atomic E-state index is 12.2. The van der Waals surface area contributed by atoms with Crippen LogP contribution in [0.25, 0.3) is 0 Å². The first-order chi connectivity index (χ1) is 9.10. The van der Waals surface area contributed by atoms with E-state index in [1.54, 1.807) is 7.05 Å². The summed E-state index contributed by atoms with van der Waals surface area (Å²) in [6.07, 6.45) is 1.27. The van der Waals surface area contributed by atoms with Crippen LogP contribution in [0.5, 0.6) is 0 Å². The third kappa shape index (κ3) is 6.46. The van der Waals surface area contributed by atoms with Gasteiger partial charge in [-0.15, -0.1) is 12.4 Å². The van der Waals surface area contributed by atoms with Crippen LogP contribution in [-0.2, 0) is 14.6 Å². The molecule has 5 nitrogen and oxygen atoms in total. The second-order valence-electron chi connectivity index (χ2n) is 5.27. The summed E-state index contributed by atoms with van der Waals surface area (Å²) in [7, 11) is -1.46. The molecule has 7 heteroatoms. The van der Waals surface area contributed by atoms with Crippen LogP contribution in [0.15, 0.2) is 18.2 Å². The summed E-state index contributed by atoms with van der Waals surface area (Å²) in [5.41, 5.74) is 8.67. The predicted molar refractivity (Wildman–Crippen MR) is 88.9 cm³/mol. The SMILES string of the molecule is Cc1cc(C)cc(N(C)C(=O)C(N)CCS(C)(=O)=O)c1.Cl. The number of anilines is 1. The van der Waals surface area contributed by atoms with Crippen molar-refractivity contribution in [1.29, 1.82) is 0 Å². The Morgan fingerprint density at radius 2 is 1.71 bits per heavy atom. The Morgan fingerprint density at radius 1 is 1.24 bits per heavy atom. The summed E-state index contributed by atoms with van der Waals surface area (Å²) in [6.45, 7) is 3.91. The van der Waals surface area contributed by atoms with E-state index in [0.29, 0.717) is 0 Å². The Morgan fingerprint density at radius 3 is 2.14 bits per heavy atom. The fourth-order valence-electron chi connectivity index (χ4n) is 1.98. The van der Waals surface area contributed by atoms with Gasteiger partial charge in [-0.05, 0) is 43.5 Å². The second kappa shape index (κ2) is 7.77. The summed E-state index contributed by atoms with van der Waals surface area (Å²) in [6, 6.07) is 5.00. The Hall–Kier alpha value is -1.11. The molecule has 0 radical (unpaired) electrons. The van der Waals surface area contributed by atoms with E-state index in [1.807, 2.05) is 32.0 Å². The fraction of sp³-hybridized carbons (Fsp3) is 0.500. The van der Waals surface area contributed by atoms with Crippen molar-refractivity contribution in [3.8, 4) is 0 Å². The highest BCUT2D eigenvalue weighted by Gasteiger charge is 2.20. The van der Waals surface area contributed by atoms with Gasteiger partial charge in [-0.2, -0.15) is 0 Å². The van der Waals surface area contributed by atoms with Gasteiger partial charge in [0, 0.05) is 19.0 Å². The molecule has 120 valence electrons. The minimum atomic E-state index is -3.11. The van der Waals surface area contributed by atoms with E-state index in [9.17, 15) is 13.2 Å². The molecule has 1 unspecified atom stereocenters. The van der Waals surface area contributed by atoms with Gasteiger partial charge in [0.1, 0.15) is 9.84 Å². The molecule has 1 atom stereocenters. The molecule has 0 aliphatic rings. The quantitative estimate of drug-likeness (QED) is 0.883. The molecule has 0 aromatic heterocycles. The van der Waals surface area contributed by atoms with Gasteiger partial charge < -0.3 is 10.6 Å². The lowest BCUT2D eigenvalue weighted by molar-refractivity contribution is -0.119. The van der Waals surface area contributed by atoms with E-state index in [0.717, 1.165) is 23.1 Å². The van der Waals surface area contributed by atoms with E-state index in [4.69, 9.17) is 5.73 Å². The molecular weight excluding hydrogens is 312 g/mol. The zero-order valence-electron chi connectivity index (χ0n) is 12.8. The van der Waals surface area contributed by atoms with Gasteiger partial charge in [-0.3, -0.25) is 4.79 Å². The number of benzene rings is 1. The van der Waals surface area contributed by atoms with Crippen LogP contribution in [0.2, 0.25) is 0 Å². The predicted octanol–water partition coefficient (Wildman–Crippen LogP) is 1.45. The van der Waals surface area contributed by atoms with Crippen molar-refractivity contribution in [2.24, 2.45) is 5.73 Å². The molecule has 1 amide bonds. The van der Waals surface area contributed by atoms with E-state index in [-0.39, 0.29) is 30.5 Å². The van der Waals surface area contributed by atoms with Crippen LogP contribution >= 0.6 is 12.4 Å². The van der Waals surface area contributed by atoms with Crippen LogP contribution in [0.4, 0.5) is 5.69 Å². The first-order valence-electron chi connectivity index (χ1n) is 6.39. The van der Waals surface area contributed by atoms with Crippen LogP contribution in [0.1, 0.15) is 17.5 Å². The monoisotopic (exact) mass is 334 g/mol. The lowest BCUT2D eigenvalue weighted by Gasteiger charge is -2.22. The van der Waals surface area contributed by atoms with Crippen LogP contribution < -0.4 is 10.6 Å². The highest BCUT2D eigenvalue weighted by Crippen LogP contribution is 2.18. The molecular formula is C14H23ClN2O3S. The zero-order valence-corrected chi connectivity index (χ0v) is 14.4. The molecule has 0 saturated carbocycles. The number of amides is 1. The Bertz CT molecular complexity index is 582. The normalized spacial score (nSPS) is 12.4. The van der Waals surface area contributed by atoms with Crippen molar-refractivity contribution in [2.45, 2.75) is 26.3 Å². The van der Waals surface area contributed by atoms with E-state index >= 15 is 0 Å². The van der Waals surface area contributed by atoms with Crippen molar-refractivity contribution >= 4 is 33.8 Å². The second-order valence-corrected chi connectivity index (χ2v) is 7.53. The average molecular weight is 335 g/mol. The maximum atomic E-state index is 12.2. The largest absolute Gasteiger partial charge is 0.320 e. The average Bonchev–Trinajstić information content (AvgIpc) is 2.32. The lowest BCUT2D eigenvalue weighted by Crippen LogP contribution is -2.42. The summed E-state index contributed by atoms with van der Waals surface area (Å²) >= 11 is 0. The number of rotatable bonds is 5. The number of sulfone groups is 1. The summed E-state index contributed by atoms with van der Waals surface area (Å²) in [4.78, 5) is 13.7. The van der Waals surface area contributed by atoms with Crippen molar-refractivity contribution in [3.05, 3.63) is 29.3 Å². The van der Waals surface area contributed by atoms with E-state index in [1.165, 1.54) is 4.90 Å². The Labute approximate surface area is 132 Å². The molecule has 2 N–H and O–H groups in total. The lowest BCUT2D eigenvalue weighted by atomic mass is 10.1. The molecule has 0 saturated heterocycles. The summed E-state index contributed by atoms with van der Waals surface area (Å²) < 4.78 is 22.2. The topological polar surface area (TPSA) is 80.5 Å². The third-order valence-electron chi connectivity index (χ3n) is 3.04. The smallest absolute Gasteiger partial charge is 0.243 e. The highest BCUT2D eigenvalue weighted by molar-refractivity contribution is 7.90. The first-order valence-corrected chi connectivity index (χ1v) is 8.45. The summed E-state index contributed by atoms with van der Waals surface area (Å²) in [5, 5.41) is 0. The van der Waals surface area contributed by atoms with E-state index in [2.05, 4.69) is 0 Å². The standard InChI is InChI=1S/C14H22N2O3S.ClH/c1-10-7-11(2)9-12(8-10)16(3)14(17)13(15)5-6-20(4,18)19;/h7-9,13H,5-6,15H2,1-4H3;1H. The number of aryl methyl sites for hydroxylation is 2.